The second-order valence-electron chi connectivity index (χ2n) is 4.92. The number of carbonyl (C=O) groups is 1. The van der Waals surface area contributed by atoms with Crippen molar-refractivity contribution in [3.8, 4) is 16.9 Å². The molecule has 0 aliphatic heterocycles. The number of phenols is 1. The maximum absolute atomic E-state index is 12.6. The van der Waals surface area contributed by atoms with Crippen molar-refractivity contribution >= 4 is 22.6 Å². The highest BCUT2D eigenvalue weighted by molar-refractivity contribution is 5.96. The Balaban J connectivity index is 2.33. The van der Waals surface area contributed by atoms with Gasteiger partial charge in [0.1, 0.15) is 11.3 Å². The van der Waals surface area contributed by atoms with E-state index in [1.807, 2.05) is 0 Å². The Kier molecular flexibility index (Phi) is 3.49. The Labute approximate surface area is 133 Å². The second-order valence-corrected chi connectivity index (χ2v) is 4.92. The van der Waals surface area contributed by atoms with E-state index in [0.29, 0.717) is 0 Å². The molecule has 0 spiro atoms. The number of aromatic hydroxyl groups is 1. The fourth-order valence-corrected chi connectivity index (χ4v) is 2.34. The number of nitrogens with zero attached hydrogens (tertiary/aromatic N) is 1. The molecule has 120 valence electrons. The smallest absolute Gasteiger partial charge is 0.372 e. The standard InChI is InChI=1S/C16H9NO7/c18-10-5-6-11-12(7-10)24-15(16(20)21)13(14(11)19)8-1-3-9(4-2-8)17(22)23/h1-7,18H,(H,20,21). The van der Waals surface area contributed by atoms with Gasteiger partial charge in [0.15, 0.2) is 0 Å². The minimum absolute atomic E-state index is 0.0666. The van der Waals surface area contributed by atoms with Crippen LogP contribution < -0.4 is 5.43 Å². The molecule has 3 aromatic rings. The number of hydrogen-bond donors (Lipinski definition) is 2. The lowest BCUT2D eigenvalue weighted by molar-refractivity contribution is -0.384. The molecule has 0 atom stereocenters. The number of nitro benzene ring substituents is 1. The number of phenolic OH excluding ortho intramolecular Hbond substituents is 1. The van der Waals surface area contributed by atoms with Crippen LogP contribution in [0, 0.1) is 10.1 Å². The Morgan fingerprint density at radius 2 is 1.79 bits per heavy atom. The summed E-state index contributed by atoms with van der Waals surface area (Å²) in [6.07, 6.45) is 0. The van der Waals surface area contributed by atoms with Gasteiger partial charge >= 0.3 is 5.97 Å². The van der Waals surface area contributed by atoms with Crippen LogP contribution >= 0.6 is 0 Å². The normalized spacial score (nSPS) is 10.7. The molecule has 0 bridgehead atoms. The molecule has 1 aromatic heterocycles. The van der Waals surface area contributed by atoms with E-state index >= 15 is 0 Å². The lowest BCUT2D eigenvalue weighted by Gasteiger charge is -2.07. The Morgan fingerprint density at radius 3 is 2.38 bits per heavy atom. The molecule has 0 saturated heterocycles. The first kappa shape index (κ1) is 15.2. The topological polar surface area (TPSA) is 131 Å². The third-order valence-electron chi connectivity index (χ3n) is 3.44. The van der Waals surface area contributed by atoms with Crippen molar-refractivity contribution in [1.82, 2.24) is 0 Å². The monoisotopic (exact) mass is 327 g/mol. The average molecular weight is 327 g/mol. The van der Waals surface area contributed by atoms with Crippen LogP contribution in [0.3, 0.4) is 0 Å². The van der Waals surface area contributed by atoms with Crippen molar-refractivity contribution in [3.05, 3.63) is 68.6 Å². The number of carboxylic acids is 1. The van der Waals surface area contributed by atoms with Crippen LogP contribution in [-0.4, -0.2) is 21.1 Å². The summed E-state index contributed by atoms with van der Waals surface area (Å²) < 4.78 is 5.25. The van der Waals surface area contributed by atoms with Crippen LogP contribution in [0.4, 0.5) is 5.69 Å². The number of hydrogen-bond acceptors (Lipinski definition) is 6. The number of non-ortho nitro benzene ring substituents is 1. The summed E-state index contributed by atoms with van der Waals surface area (Å²) in [5.41, 5.74) is -0.895. The summed E-state index contributed by atoms with van der Waals surface area (Å²) in [6, 6.07) is 8.63. The van der Waals surface area contributed by atoms with Crippen molar-refractivity contribution in [1.29, 1.82) is 0 Å². The van der Waals surface area contributed by atoms with E-state index in [1.54, 1.807) is 0 Å². The van der Waals surface area contributed by atoms with E-state index in [-0.39, 0.29) is 33.5 Å². The molecule has 1 heterocycles. The number of carboxylic acid groups (broad SMARTS) is 1. The predicted molar refractivity (Wildman–Crippen MR) is 83.2 cm³/mol. The summed E-state index contributed by atoms with van der Waals surface area (Å²) in [4.78, 5) is 34.2. The van der Waals surface area contributed by atoms with Gasteiger partial charge in [0, 0.05) is 18.2 Å². The number of rotatable bonds is 3. The number of benzene rings is 2. The molecule has 0 saturated carbocycles. The van der Waals surface area contributed by atoms with Crippen LogP contribution in [0.5, 0.6) is 5.75 Å². The highest BCUT2D eigenvalue weighted by atomic mass is 16.6. The van der Waals surface area contributed by atoms with E-state index in [9.17, 15) is 29.9 Å². The highest BCUT2D eigenvalue weighted by Crippen LogP contribution is 2.27. The first-order valence-electron chi connectivity index (χ1n) is 6.66. The Morgan fingerprint density at radius 1 is 1.12 bits per heavy atom. The van der Waals surface area contributed by atoms with Gasteiger partial charge in [0.25, 0.3) is 5.69 Å². The number of aromatic carboxylic acids is 1. The van der Waals surface area contributed by atoms with Gasteiger partial charge < -0.3 is 14.6 Å². The van der Waals surface area contributed by atoms with Gasteiger partial charge in [-0.25, -0.2) is 4.79 Å². The zero-order chi connectivity index (χ0) is 17.4. The molecule has 0 aliphatic carbocycles. The van der Waals surface area contributed by atoms with Gasteiger partial charge in [-0.2, -0.15) is 0 Å². The minimum atomic E-state index is -1.47. The molecule has 24 heavy (non-hydrogen) atoms. The first-order chi connectivity index (χ1) is 11.4. The zero-order valence-corrected chi connectivity index (χ0v) is 11.9. The first-order valence-corrected chi connectivity index (χ1v) is 6.66. The third kappa shape index (κ3) is 2.45. The second kappa shape index (κ2) is 5.51. The molecule has 0 radical (unpaired) electrons. The van der Waals surface area contributed by atoms with E-state index in [2.05, 4.69) is 0 Å². The van der Waals surface area contributed by atoms with Crippen LogP contribution in [0.25, 0.3) is 22.1 Å². The van der Waals surface area contributed by atoms with Crippen LogP contribution in [-0.2, 0) is 0 Å². The number of nitro groups is 1. The predicted octanol–water partition coefficient (Wildman–Crippen LogP) is 2.77. The van der Waals surface area contributed by atoms with Crippen molar-refractivity contribution in [2.24, 2.45) is 0 Å². The molecule has 2 N–H and O–H groups in total. The number of fused-ring (bicyclic) bond motifs is 1. The summed E-state index contributed by atoms with van der Waals surface area (Å²) in [6.45, 7) is 0. The van der Waals surface area contributed by atoms with E-state index in [0.717, 1.165) is 6.07 Å². The zero-order valence-electron chi connectivity index (χ0n) is 11.9. The summed E-state index contributed by atoms with van der Waals surface area (Å²) >= 11 is 0. The SMILES string of the molecule is O=C(O)c1oc2cc(O)ccc2c(=O)c1-c1ccc([N+](=O)[O-])cc1. The van der Waals surface area contributed by atoms with E-state index in [4.69, 9.17) is 4.42 Å². The molecule has 0 unspecified atom stereocenters. The maximum atomic E-state index is 12.6. The maximum Gasteiger partial charge on any atom is 0.372 e. The fraction of sp³-hybridized carbons (Fsp3) is 0. The molecule has 0 aliphatic rings. The fourth-order valence-electron chi connectivity index (χ4n) is 2.34. The van der Waals surface area contributed by atoms with Crippen LogP contribution in [0.15, 0.2) is 51.7 Å². The van der Waals surface area contributed by atoms with Crippen molar-refractivity contribution in [3.63, 3.8) is 0 Å². The van der Waals surface area contributed by atoms with Gasteiger partial charge in [0.2, 0.25) is 11.2 Å². The van der Waals surface area contributed by atoms with E-state index in [1.165, 1.54) is 36.4 Å². The third-order valence-corrected chi connectivity index (χ3v) is 3.44. The van der Waals surface area contributed by atoms with Crippen molar-refractivity contribution in [2.45, 2.75) is 0 Å². The Hall–Kier alpha value is -3.68. The molecule has 2 aromatic carbocycles. The molecule has 8 heteroatoms. The van der Waals surface area contributed by atoms with Gasteiger partial charge in [-0.05, 0) is 29.8 Å². The summed E-state index contributed by atoms with van der Waals surface area (Å²) in [5, 5.41) is 29.6. The van der Waals surface area contributed by atoms with Crippen LogP contribution in [0.2, 0.25) is 0 Å². The molecule has 3 rings (SSSR count). The summed E-state index contributed by atoms with van der Waals surface area (Å²) in [5.74, 6) is -2.25. The van der Waals surface area contributed by atoms with Crippen molar-refractivity contribution in [2.75, 3.05) is 0 Å². The molecule has 0 amide bonds. The van der Waals surface area contributed by atoms with Gasteiger partial charge in [0.05, 0.1) is 15.9 Å². The van der Waals surface area contributed by atoms with Crippen molar-refractivity contribution < 1.29 is 24.3 Å². The summed E-state index contributed by atoms with van der Waals surface area (Å²) in [7, 11) is 0. The average Bonchev–Trinajstić information content (AvgIpc) is 2.54. The quantitative estimate of drug-likeness (QED) is 0.558. The molecule has 8 nitrogen and oxygen atoms in total. The van der Waals surface area contributed by atoms with Gasteiger partial charge in [-0.15, -0.1) is 0 Å². The Bertz CT molecular complexity index is 1030. The highest BCUT2D eigenvalue weighted by Gasteiger charge is 2.22. The lowest BCUT2D eigenvalue weighted by Crippen LogP contribution is -2.12. The molecular formula is C16H9NO7. The molecule has 0 fully saturated rings. The van der Waals surface area contributed by atoms with E-state index < -0.39 is 22.1 Å². The van der Waals surface area contributed by atoms with Crippen LogP contribution in [0.1, 0.15) is 10.6 Å². The lowest BCUT2D eigenvalue weighted by atomic mass is 10.0. The largest absolute Gasteiger partial charge is 0.508 e. The van der Waals surface area contributed by atoms with Gasteiger partial charge in [-0.1, -0.05) is 0 Å². The van der Waals surface area contributed by atoms with Gasteiger partial charge in [-0.3, -0.25) is 14.9 Å². The minimum Gasteiger partial charge on any atom is -0.508 e. The molecular weight excluding hydrogens is 318 g/mol.